The summed E-state index contributed by atoms with van der Waals surface area (Å²) in [6.45, 7) is 0.477. The molecule has 1 aromatic heterocycles. The highest BCUT2D eigenvalue weighted by atomic mass is 32.2. The molecule has 6 nitrogen and oxygen atoms in total. The normalized spacial score (nSPS) is 11.4. The molecule has 0 aliphatic rings. The summed E-state index contributed by atoms with van der Waals surface area (Å²) in [6.07, 6.45) is 2.35. The van der Waals surface area contributed by atoms with Crippen molar-refractivity contribution in [1.29, 1.82) is 0 Å². The second-order valence-corrected chi connectivity index (χ2v) is 8.48. The summed E-state index contributed by atoms with van der Waals surface area (Å²) in [4.78, 5) is 17.5. The van der Waals surface area contributed by atoms with Gasteiger partial charge in [0.25, 0.3) is 0 Å². The van der Waals surface area contributed by atoms with E-state index in [1.807, 2.05) is 30.3 Å². The van der Waals surface area contributed by atoms with Gasteiger partial charge in [-0.3, -0.25) is 9.78 Å². The molecular formula is C19H19N3O3S2. The van der Waals surface area contributed by atoms with E-state index in [2.05, 4.69) is 10.3 Å². The quantitative estimate of drug-likeness (QED) is 0.592. The molecule has 1 amide bonds. The molecule has 1 heterocycles. The number of rotatable bonds is 7. The Kier molecular flexibility index (Phi) is 6.10. The lowest BCUT2D eigenvalue weighted by molar-refractivity contribution is -0.118. The first-order chi connectivity index (χ1) is 12.9. The smallest absolute Gasteiger partial charge is 0.238 e. The number of hydrogen-bond acceptors (Lipinski definition) is 5. The van der Waals surface area contributed by atoms with Crippen molar-refractivity contribution in [2.75, 3.05) is 12.3 Å². The molecule has 140 valence electrons. The molecule has 3 aromatic rings. The van der Waals surface area contributed by atoms with Gasteiger partial charge in [-0.2, -0.15) is 0 Å². The molecule has 0 atom stereocenters. The van der Waals surface area contributed by atoms with Crippen molar-refractivity contribution >= 4 is 38.6 Å². The van der Waals surface area contributed by atoms with E-state index in [1.165, 1.54) is 23.9 Å². The Morgan fingerprint density at radius 2 is 1.81 bits per heavy atom. The predicted octanol–water partition coefficient (Wildman–Crippen LogP) is 2.33. The Hall–Kier alpha value is -2.42. The first kappa shape index (κ1) is 19.3. The fourth-order valence-corrected chi connectivity index (χ4v) is 3.97. The number of nitrogens with zero attached hydrogens (tertiary/aromatic N) is 1. The van der Waals surface area contributed by atoms with Gasteiger partial charge in [-0.25, -0.2) is 13.6 Å². The SMILES string of the molecule is NS(=O)(=O)c1ccc(CCNC(=O)CSc2ccnc3ccccc23)cc1. The fourth-order valence-electron chi connectivity index (χ4n) is 2.58. The van der Waals surface area contributed by atoms with E-state index >= 15 is 0 Å². The first-order valence-corrected chi connectivity index (χ1v) is 10.8. The third kappa shape index (κ3) is 5.29. The van der Waals surface area contributed by atoms with Crippen LogP contribution in [0.1, 0.15) is 5.56 Å². The lowest BCUT2D eigenvalue weighted by atomic mass is 10.1. The Labute approximate surface area is 162 Å². The van der Waals surface area contributed by atoms with Crippen LogP contribution in [-0.2, 0) is 21.2 Å². The number of benzene rings is 2. The summed E-state index contributed by atoms with van der Waals surface area (Å²) >= 11 is 1.48. The van der Waals surface area contributed by atoms with E-state index in [9.17, 15) is 13.2 Å². The summed E-state index contributed by atoms with van der Waals surface area (Å²) in [5, 5.41) is 8.98. The van der Waals surface area contributed by atoms with Gasteiger partial charge in [0.05, 0.1) is 16.2 Å². The Morgan fingerprint density at radius 1 is 1.07 bits per heavy atom. The van der Waals surface area contributed by atoms with E-state index in [0.717, 1.165) is 21.4 Å². The number of nitrogens with one attached hydrogen (secondary N) is 1. The van der Waals surface area contributed by atoms with Crippen LogP contribution in [0, 0.1) is 0 Å². The summed E-state index contributed by atoms with van der Waals surface area (Å²) in [5.41, 5.74) is 1.83. The zero-order valence-corrected chi connectivity index (χ0v) is 16.1. The molecule has 0 aliphatic carbocycles. The van der Waals surface area contributed by atoms with Crippen LogP contribution in [0.3, 0.4) is 0 Å². The Balaban J connectivity index is 1.48. The van der Waals surface area contributed by atoms with Crippen LogP contribution in [0.25, 0.3) is 10.9 Å². The highest BCUT2D eigenvalue weighted by molar-refractivity contribution is 8.00. The lowest BCUT2D eigenvalue weighted by Gasteiger charge is -2.07. The highest BCUT2D eigenvalue weighted by Crippen LogP contribution is 2.26. The molecule has 2 aromatic carbocycles. The molecule has 3 rings (SSSR count). The summed E-state index contributed by atoms with van der Waals surface area (Å²) in [5.74, 6) is 0.264. The minimum Gasteiger partial charge on any atom is -0.355 e. The maximum atomic E-state index is 12.1. The van der Waals surface area contributed by atoms with E-state index < -0.39 is 10.0 Å². The number of pyridine rings is 1. The fraction of sp³-hybridized carbons (Fsp3) is 0.158. The number of primary sulfonamides is 1. The van der Waals surface area contributed by atoms with Gasteiger partial charge < -0.3 is 5.32 Å². The van der Waals surface area contributed by atoms with Crippen LogP contribution < -0.4 is 10.5 Å². The van der Waals surface area contributed by atoms with Crippen molar-refractivity contribution in [3.63, 3.8) is 0 Å². The minimum atomic E-state index is -3.68. The van der Waals surface area contributed by atoms with Crippen LogP contribution in [0.2, 0.25) is 0 Å². The number of fused-ring (bicyclic) bond motifs is 1. The van der Waals surface area contributed by atoms with Gasteiger partial charge in [-0.1, -0.05) is 30.3 Å². The van der Waals surface area contributed by atoms with E-state index in [4.69, 9.17) is 5.14 Å². The second kappa shape index (κ2) is 8.51. The zero-order chi connectivity index (χ0) is 19.3. The lowest BCUT2D eigenvalue weighted by Crippen LogP contribution is -2.27. The average molecular weight is 402 g/mol. The zero-order valence-electron chi connectivity index (χ0n) is 14.5. The van der Waals surface area contributed by atoms with E-state index in [0.29, 0.717) is 18.7 Å². The first-order valence-electron chi connectivity index (χ1n) is 8.28. The number of aromatic nitrogens is 1. The molecule has 0 unspecified atom stereocenters. The highest BCUT2D eigenvalue weighted by Gasteiger charge is 2.08. The van der Waals surface area contributed by atoms with Crippen molar-refractivity contribution in [1.82, 2.24) is 10.3 Å². The van der Waals surface area contributed by atoms with Gasteiger partial charge in [0.2, 0.25) is 15.9 Å². The van der Waals surface area contributed by atoms with Crippen LogP contribution in [0.4, 0.5) is 0 Å². The molecule has 27 heavy (non-hydrogen) atoms. The van der Waals surface area contributed by atoms with Gasteiger partial charge in [0, 0.05) is 23.0 Å². The number of para-hydroxylation sites is 1. The Bertz CT molecular complexity index is 1050. The molecule has 0 fully saturated rings. The average Bonchev–Trinajstić information content (AvgIpc) is 2.66. The minimum absolute atomic E-state index is 0.0537. The maximum Gasteiger partial charge on any atom is 0.238 e. The molecule has 0 radical (unpaired) electrons. The molecule has 0 saturated carbocycles. The van der Waals surface area contributed by atoms with Crippen molar-refractivity contribution in [2.24, 2.45) is 5.14 Å². The van der Waals surface area contributed by atoms with Crippen LogP contribution in [-0.4, -0.2) is 31.6 Å². The molecular weight excluding hydrogens is 382 g/mol. The molecule has 0 saturated heterocycles. The molecule has 0 aliphatic heterocycles. The second-order valence-electron chi connectivity index (χ2n) is 5.90. The van der Waals surface area contributed by atoms with Crippen molar-refractivity contribution in [3.05, 3.63) is 66.4 Å². The number of carbonyl (C=O) groups excluding carboxylic acids is 1. The van der Waals surface area contributed by atoms with Gasteiger partial charge in [0.1, 0.15) is 0 Å². The van der Waals surface area contributed by atoms with Crippen molar-refractivity contribution < 1.29 is 13.2 Å². The number of hydrogen-bond donors (Lipinski definition) is 2. The van der Waals surface area contributed by atoms with Crippen molar-refractivity contribution in [2.45, 2.75) is 16.2 Å². The maximum absolute atomic E-state index is 12.1. The van der Waals surface area contributed by atoms with Gasteiger partial charge >= 0.3 is 0 Å². The summed E-state index contributed by atoms with van der Waals surface area (Å²) < 4.78 is 22.5. The third-order valence-corrected chi connectivity index (χ3v) is 5.96. The summed E-state index contributed by atoms with van der Waals surface area (Å²) in [6, 6.07) is 16.1. The van der Waals surface area contributed by atoms with Crippen LogP contribution in [0.5, 0.6) is 0 Å². The number of sulfonamides is 1. The van der Waals surface area contributed by atoms with E-state index in [1.54, 1.807) is 18.3 Å². The number of nitrogens with two attached hydrogens (primary N) is 1. The number of carbonyl (C=O) groups is 1. The topological polar surface area (TPSA) is 102 Å². The molecule has 8 heteroatoms. The molecule has 3 N–H and O–H groups in total. The monoisotopic (exact) mass is 401 g/mol. The van der Waals surface area contributed by atoms with E-state index in [-0.39, 0.29) is 10.8 Å². The number of thioether (sulfide) groups is 1. The standard InChI is InChI=1S/C19H19N3O3S2/c20-27(24,25)15-7-5-14(6-8-15)9-11-22-19(23)13-26-18-10-12-21-17-4-2-1-3-16(17)18/h1-8,10,12H,9,11,13H2,(H,22,23)(H2,20,24,25). The largest absolute Gasteiger partial charge is 0.355 e. The van der Waals surface area contributed by atoms with Gasteiger partial charge in [0.15, 0.2) is 0 Å². The van der Waals surface area contributed by atoms with Crippen LogP contribution >= 0.6 is 11.8 Å². The molecule has 0 bridgehead atoms. The third-order valence-electron chi connectivity index (χ3n) is 3.96. The molecule has 0 spiro atoms. The Morgan fingerprint density at radius 3 is 2.56 bits per heavy atom. The van der Waals surface area contributed by atoms with Gasteiger partial charge in [-0.15, -0.1) is 11.8 Å². The predicted molar refractivity (Wildman–Crippen MR) is 107 cm³/mol. The van der Waals surface area contributed by atoms with Crippen LogP contribution in [0.15, 0.2) is 70.6 Å². The number of amides is 1. The van der Waals surface area contributed by atoms with Gasteiger partial charge in [-0.05, 0) is 36.2 Å². The summed E-state index contributed by atoms with van der Waals surface area (Å²) in [7, 11) is -3.68. The van der Waals surface area contributed by atoms with Crippen molar-refractivity contribution in [3.8, 4) is 0 Å².